The minimum absolute atomic E-state index is 0.243. The summed E-state index contributed by atoms with van der Waals surface area (Å²) in [6.07, 6.45) is 17.2. The quantitative estimate of drug-likeness (QED) is 0.0365. The van der Waals surface area contributed by atoms with E-state index >= 15 is 0 Å². The van der Waals surface area contributed by atoms with Crippen molar-refractivity contribution in [3.63, 3.8) is 0 Å². The molecule has 0 spiro atoms. The zero-order valence-corrected chi connectivity index (χ0v) is 28.2. The molecule has 0 N–H and O–H groups in total. The molecule has 3 aromatic carbocycles. The van der Waals surface area contributed by atoms with Gasteiger partial charge in [0.2, 0.25) is 0 Å². The fraction of sp³-hybridized carbons (Fsp3) is 0.550. The summed E-state index contributed by atoms with van der Waals surface area (Å²) in [7, 11) is 0. The Morgan fingerprint density at radius 1 is 0.565 bits per heavy atom. The molecular formula is C40H57N3O3. The SMILES string of the molecule is CCCCCCCCCCCCCCC[C@@H](OCc1ccccc1)[C@@H](OCc1ccccc1)[C@H](COCc1ccccc1)N=[N+]=[N-]. The van der Waals surface area contributed by atoms with Crippen LogP contribution in [0.3, 0.4) is 0 Å². The van der Waals surface area contributed by atoms with E-state index in [-0.39, 0.29) is 12.7 Å². The van der Waals surface area contributed by atoms with Crippen LogP contribution in [-0.4, -0.2) is 24.9 Å². The van der Waals surface area contributed by atoms with E-state index in [4.69, 9.17) is 14.2 Å². The van der Waals surface area contributed by atoms with Gasteiger partial charge in [-0.05, 0) is 28.6 Å². The summed E-state index contributed by atoms with van der Waals surface area (Å²) in [6, 6.07) is 29.9. The Morgan fingerprint density at radius 3 is 1.48 bits per heavy atom. The maximum atomic E-state index is 9.58. The zero-order chi connectivity index (χ0) is 32.3. The highest BCUT2D eigenvalue weighted by Crippen LogP contribution is 2.23. The van der Waals surface area contributed by atoms with Gasteiger partial charge in [-0.3, -0.25) is 0 Å². The highest BCUT2D eigenvalue weighted by molar-refractivity contribution is 5.15. The summed E-state index contributed by atoms with van der Waals surface area (Å²) in [6.45, 7) is 3.86. The lowest BCUT2D eigenvalue weighted by Gasteiger charge is -2.32. The van der Waals surface area contributed by atoms with Crippen LogP contribution < -0.4 is 0 Å². The lowest BCUT2D eigenvalue weighted by atomic mass is 9.99. The van der Waals surface area contributed by atoms with Crippen molar-refractivity contribution in [2.24, 2.45) is 5.11 Å². The van der Waals surface area contributed by atoms with E-state index in [0.29, 0.717) is 19.8 Å². The largest absolute Gasteiger partial charge is 0.376 e. The molecule has 0 radical (unpaired) electrons. The van der Waals surface area contributed by atoms with Gasteiger partial charge in [-0.2, -0.15) is 0 Å². The van der Waals surface area contributed by atoms with E-state index in [0.717, 1.165) is 36.0 Å². The van der Waals surface area contributed by atoms with Gasteiger partial charge < -0.3 is 14.2 Å². The lowest BCUT2D eigenvalue weighted by molar-refractivity contribution is -0.108. The van der Waals surface area contributed by atoms with E-state index in [1.165, 1.54) is 70.6 Å². The number of nitrogens with zero attached hydrogens (tertiary/aromatic N) is 3. The normalized spacial score (nSPS) is 13.2. The minimum atomic E-state index is -0.528. The van der Waals surface area contributed by atoms with Crippen LogP contribution in [0.5, 0.6) is 0 Å². The van der Waals surface area contributed by atoms with Crippen LogP contribution in [0.1, 0.15) is 114 Å². The van der Waals surface area contributed by atoms with Gasteiger partial charge in [-0.15, -0.1) is 0 Å². The van der Waals surface area contributed by atoms with E-state index in [9.17, 15) is 5.53 Å². The average molecular weight is 628 g/mol. The van der Waals surface area contributed by atoms with Crippen LogP contribution in [0.25, 0.3) is 10.4 Å². The molecule has 0 saturated carbocycles. The molecule has 6 heteroatoms. The first-order valence-electron chi connectivity index (χ1n) is 17.8. The number of benzene rings is 3. The van der Waals surface area contributed by atoms with Crippen molar-refractivity contribution in [3.05, 3.63) is 118 Å². The number of azide groups is 1. The van der Waals surface area contributed by atoms with Gasteiger partial charge in [0.15, 0.2) is 0 Å². The molecule has 6 nitrogen and oxygen atoms in total. The van der Waals surface area contributed by atoms with Gasteiger partial charge in [-0.25, -0.2) is 0 Å². The Morgan fingerprint density at radius 2 is 1.00 bits per heavy atom. The van der Waals surface area contributed by atoms with E-state index in [1.807, 2.05) is 66.7 Å². The summed E-state index contributed by atoms with van der Waals surface area (Å²) in [4.78, 5) is 3.22. The van der Waals surface area contributed by atoms with E-state index in [2.05, 4.69) is 41.2 Å². The number of hydrogen-bond acceptors (Lipinski definition) is 4. The van der Waals surface area contributed by atoms with Gasteiger partial charge in [0.05, 0.1) is 44.7 Å². The van der Waals surface area contributed by atoms with Gasteiger partial charge in [0.1, 0.15) is 0 Å². The van der Waals surface area contributed by atoms with E-state index < -0.39 is 12.1 Å². The number of hydrogen-bond donors (Lipinski definition) is 0. The molecule has 3 aromatic rings. The summed E-state index contributed by atoms with van der Waals surface area (Å²) in [5.74, 6) is 0. The maximum Gasteiger partial charge on any atom is 0.0948 e. The predicted molar refractivity (Wildman–Crippen MR) is 189 cm³/mol. The first-order valence-corrected chi connectivity index (χ1v) is 17.8. The Bertz CT molecular complexity index is 1170. The van der Waals surface area contributed by atoms with Crippen LogP contribution in [0.4, 0.5) is 0 Å². The van der Waals surface area contributed by atoms with Gasteiger partial charge >= 0.3 is 0 Å². The molecule has 0 unspecified atom stereocenters. The minimum Gasteiger partial charge on any atom is -0.376 e. The summed E-state index contributed by atoms with van der Waals surface area (Å²) in [5.41, 5.74) is 12.8. The molecule has 250 valence electrons. The van der Waals surface area contributed by atoms with Crippen molar-refractivity contribution in [3.8, 4) is 0 Å². The zero-order valence-electron chi connectivity index (χ0n) is 28.2. The smallest absolute Gasteiger partial charge is 0.0948 e. The molecule has 0 fully saturated rings. The van der Waals surface area contributed by atoms with Crippen LogP contribution in [0.2, 0.25) is 0 Å². The molecule has 0 bridgehead atoms. The molecule has 0 amide bonds. The van der Waals surface area contributed by atoms with Crippen molar-refractivity contribution in [1.82, 2.24) is 0 Å². The molecule has 0 aromatic heterocycles. The Labute approximate surface area is 278 Å². The highest BCUT2D eigenvalue weighted by Gasteiger charge is 2.31. The maximum absolute atomic E-state index is 9.58. The molecule has 46 heavy (non-hydrogen) atoms. The molecule has 0 saturated heterocycles. The van der Waals surface area contributed by atoms with Crippen molar-refractivity contribution in [2.75, 3.05) is 6.61 Å². The third kappa shape index (κ3) is 16.4. The van der Waals surface area contributed by atoms with Gasteiger partial charge in [-0.1, -0.05) is 187 Å². The second-order valence-electron chi connectivity index (χ2n) is 12.4. The fourth-order valence-electron chi connectivity index (χ4n) is 5.85. The Balaban J connectivity index is 1.59. The van der Waals surface area contributed by atoms with Crippen LogP contribution in [0.15, 0.2) is 96.1 Å². The van der Waals surface area contributed by atoms with Crippen molar-refractivity contribution in [1.29, 1.82) is 0 Å². The molecule has 3 atom stereocenters. The van der Waals surface area contributed by atoms with Crippen molar-refractivity contribution >= 4 is 0 Å². The topological polar surface area (TPSA) is 76.5 Å². The van der Waals surface area contributed by atoms with E-state index in [1.54, 1.807) is 0 Å². The fourth-order valence-corrected chi connectivity index (χ4v) is 5.85. The second-order valence-corrected chi connectivity index (χ2v) is 12.4. The predicted octanol–water partition coefficient (Wildman–Crippen LogP) is 11.5. The molecular weight excluding hydrogens is 570 g/mol. The van der Waals surface area contributed by atoms with Crippen molar-refractivity contribution < 1.29 is 14.2 Å². The molecule has 0 aliphatic heterocycles. The number of ether oxygens (including phenoxy) is 3. The standard InChI is InChI=1S/C40H57N3O3/c1-2-3-4-5-6-7-8-9-10-11-12-13-23-30-39(45-32-36-26-19-15-20-27-36)40(46-33-37-28-21-16-22-29-37)38(42-43-41)34-44-31-35-24-17-14-18-25-35/h14-22,24-29,38-40H,2-13,23,30-34H2,1H3/t38-,39+,40-/m0/s1. The first kappa shape index (κ1) is 37.3. The third-order valence-corrected chi connectivity index (χ3v) is 8.53. The van der Waals surface area contributed by atoms with Crippen molar-refractivity contribution in [2.45, 2.75) is 135 Å². The molecule has 3 rings (SSSR count). The Kier molecular flexibility index (Phi) is 20.3. The number of unbranched alkanes of at least 4 members (excludes halogenated alkanes) is 12. The van der Waals surface area contributed by atoms with Gasteiger partial charge in [0.25, 0.3) is 0 Å². The van der Waals surface area contributed by atoms with Crippen LogP contribution in [0, 0.1) is 0 Å². The molecule has 0 heterocycles. The second kappa shape index (κ2) is 25.0. The monoisotopic (exact) mass is 627 g/mol. The van der Waals surface area contributed by atoms with Crippen LogP contribution >= 0.6 is 0 Å². The molecule has 0 aliphatic rings. The summed E-state index contributed by atoms with van der Waals surface area (Å²) >= 11 is 0. The lowest BCUT2D eigenvalue weighted by Crippen LogP contribution is -2.42. The first-order chi connectivity index (χ1) is 22.8. The van der Waals surface area contributed by atoms with Crippen LogP contribution in [-0.2, 0) is 34.0 Å². The Hall–Kier alpha value is -3.15. The highest BCUT2D eigenvalue weighted by atomic mass is 16.5. The summed E-state index contributed by atoms with van der Waals surface area (Å²) in [5, 5.41) is 4.21. The third-order valence-electron chi connectivity index (χ3n) is 8.53. The van der Waals surface area contributed by atoms with Gasteiger partial charge in [0, 0.05) is 4.91 Å². The summed E-state index contributed by atoms with van der Waals surface area (Å²) < 4.78 is 19.3. The molecule has 0 aliphatic carbocycles. The number of rotatable bonds is 27. The average Bonchev–Trinajstić information content (AvgIpc) is 3.10.